The van der Waals surface area contributed by atoms with Crippen LogP contribution >= 0.6 is 11.3 Å². The molecule has 1 aromatic carbocycles. The third-order valence-electron chi connectivity index (χ3n) is 5.17. The molecule has 0 radical (unpaired) electrons. The molecular weight excluding hydrogens is 412 g/mol. The molecule has 0 saturated carbocycles. The lowest BCUT2D eigenvalue weighted by Gasteiger charge is -2.35. The lowest BCUT2D eigenvalue weighted by molar-refractivity contribution is -0.118. The Morgan fingerprint density at radius 2 is 2.00 bits per heavy atom. The second-order valence-corrected chi connectivity index (χ2v) is 8.30. The van der Waals surface area contributed by atoms with Crippen LogP contribution in [0.4, 0.5) is 10.8 Å². The van der Waals surface area contributed by atoms with E-state index >= 15 is 0 Å². The smallest absolute Gasteiger partial charge is 0.259 e. The number of benzene rings is 1. The number of piperidine rings is 1. The molecule has 0 spiro atoms. The zero-order valence-electron chi connectivity index (χ0n) is 17.2. The zero-order valence-corrected chi connectivity index (χ0v) is 18.1. The molecule has 3 heterocycles. The van der Waals surface area contributed by atoms with Crippen molar-refractivity contribution < 1.29 is 9.59 Å². The highest BCUT2D eigenvalue weighted by Gasteiger charge is 2.30. The number of para-hydroxylation sites is 1. The van der Waals surface area contributed by atoms with E-state index in [-0.39, 0.29) is 24.4 Å². The summed E-state index contributed by atoms with van der Waals surface area (Å²) < 4.78 is 0. The van der Waals surface area contributed by atoms with Gasteiger partial charge in [0.1, 0.15) is 5.82 Å². The van der Waals surface area contributed by atoms with E-state index < -0.39 is 0 Å². The molecule has 31 heavy (non-hydrogen) atoms. The number of aromatic nitrogens is 3. The summed E-state index contributed by atoms with van der Waals surface area (Å²) in [7, 11) is 0. The molecule has 2 N–H and O–H groups in total. The Kier molecular flexibility index (Phi) is 6.63. The van der Waals surface area contributed by atoms with Gasteiger partial charge in [0, 0.05) is 23.5 Å². The number of nitrogens with one attached hydrogen (secondary N) is 2. The molecule has 2 amide bonds. The lowest BCUT2D eigenvalue weighted by Crippen LogP contribution is -2.40. The minimum atomic E-state index is -0.251. The summed E-state index contributed by atoms with van der Waals surface area (Å²) in [4.78, 5) is 40.7. The van der Waals surface area contributed by atoms with Gasteiger partial charge in [-0.3, -0.25) is 14.5 Å². The van der Waals surface area contributed by atoms with Crippen molar-refractivity contribution in [2.45, 2.75) is 32.2 Å². The SMILES string of the molecule is Cc1ncc(C(=O)Nc2ccccc2)c([C@@H]2CCCCN2CC(=O)Nc2nccs2)n1. The minimum absolute atomic E-state index is 0.122. The van der Waals surface area contributed by atoms with Crippen LogP contribution in [0, 0.1) is 6.92 Å². The number of carbonyl (C=O) groups is 2. The number of likely N-dealkylation sites (tertiary alicyclic amines) is 1. The van der Waals surface area contributed by atoms with E-state index in [0.29, 0.717) is 27.9 Å². The molecule has 1 aliphatic rings. The fourth-order valence-corrected chi connectivity index (χ4v) is 4.30. The Labute approximate surface area is 184 Å². The summed E-state index contributed by atoms with van der Waals surface area (Å²) in [5.41, 5.74) is 1.82. The van der Waals surface area contributed by atoms with Gasteiger partial charge in [0.15, 0.2) is 5.13 Å². The van der Waals surface area contributed by atoms with Crippen LogP contribution in [0.25, 0.3) is 0 Å². The van der Waals surface area contributed by atoms with Crippen molar-refractivity contribution in [1.82, 2.24) is 19.9 Å². The average molecular weight is 437 g/mol. The van der Waals surface area contributed by atoms with Gasteiger partial charge < -0.3 is 10.6 Å². The van der Waals surface area contributed by atoms with Crippen molar-refractivity contribution in [1.29, 1.82) is 0 Å². The van der Waals surface area contributed by atoms with E-state index in [0.717, 1.165) is 25.8 Å². The number of hydrogen-bond donors (Lipinski definition) is 2. The summed E-state index contributed by atoms with van der Waals surface area (Å²) in [6, 6.07) is 9.17. The van der Waals surface area contributed by atoms with Crippen molar-refractivity contribution in [3.05, 3.63) is 65.2 Å². The molecule has 160 valence electrons. The third kappa shape index (κ3) is 5.31. The molecule has 0 unspecified atom stereocenters. The standard InChI is InChI=1S/C22H24N6O2S/c1-15-24-13-17(21(30)26-16-7-3-2-4-8-16)20(25-15)18-9-5-6-11-28(18)14-19(29)27-22-23-10-12-31-22/h2-4,7-8,10,12-13,18H,5-6,9,11,14H2,1H3,(H,26,30)(H,23,27,29)/t18-/m0/s1. The van der Waals surface area contributed by atoms with E-state index in [9.17, 15) is 9.59 Å². The van der Waals surface area contributed by atoms with Crippen LogP contribution in [0.5, 0.6) is 0 Å². The van der Waals surface area contributed by atoms with Crippen molar-refractivity contribution in [3.63, 3.8) is 0 Å². The van der Waals surface area contributed by atoms with Crippen molar-refractivity contribution in [3.8, 4) is 0 Å². The van der Waals surface area contributed by atoms with Gasteiger partial charge in [-0.05, 0) is 38.4 Å². The van der Waals surface area contributed by atoms with E-state index in [1.54, 1.807) is 12.4 Å². The Hall–Kier alpha value is -3.17. The summed E-state index contributed by atoms with van der Waals surface area (Å²) in [6.07, 6.45) is 6.07. The van der Waals surface area contributed by atoms with Crippen molar-refractivity contribution in [2.75, 3.05) is 23.7 Å². The van der Waals surface area contributed by atoms with Gasteiger partial charge >= 0.3 is 0 Å². The van der Waals surface area contributed by atoms with Crippen LogP contribution in [0.3, 0.4) is 0 Å². The number of carbonyl (C=O) groups excluding carboxylic acids is 2. The maximum Gasteiger partial charge on any atom is 0.259 e. The first-order chi connectivity index (χ1) is 15.1. The Morgan fingerprint density at radius 3 is 2.77 bits per heavy atom. The molecule has 2 aromatic heterocycles. The van der Waals surface area contributed by atoms with Crippen LogP contribution in [-0.2, 0) is 4.79 Å². The van der Waals surface area contributed by atoms with Crippen LogP contribution < -0.4 is 10.6 Å². The molecule has 1 fully saturated rings. The number of aryl methyl sites for hydroxylation is 1. The fourth-order valence-electron chi connectivity index (χ4n) is 3.75. The quantitative estimate of drug-likeness (QED) is 0.612. The maximum atomic E-state index is 13.0. The summed E-state index contributed by atoms with van der Waals surface area (Å²) in [6.45, 7) is 2.79. The van der Waals surface area contributed by atoms with Gasteiger partial charge in [0.05, 0.1) is 23.8 Å². The highest BCUT2D eigenvalue weighted by Crippen LogP contribution is 2.32. The van der Waals surface area contributed by atoms with E-state index in [1.165, 1.54) is 11.3 Å². The highest BCUT2D eigenvalue weighted by molar-refractivity contribution is 7.13. The second-order valence-electron chi connectivity index (χ2n) is 7.40. The molecule has 1 aliphatic heterocycles. The Bertz CT molecular complexity index is 1040. The first-order valence-electron chi connectivity index (χ1n) is 10.2. The van der Waals surface area contributed by atoms with Gasteiger partial charge in [0.25, 0.3) is 5.91 Å². The Morgan fingerprint density at radius 1 is 1.16 bits per heavy atom. The molecule has 9 heteroatoms. The fraction of sp³-hybridized carbons (Fsp3) is 0.318. The van der Waals surface area contributed by atoms with Crippen LogP contribution in [-0.4, -0.2) is 44.8 Å². The van der Waals surface area contributed by atoms with Crippen LogP contribution in [0.15, 0.2) is 48.1 Å². The van der Waals surface area contributed by atoms with Gasteiger partial charge in [-0.2, -0.15) is 0 Å². The van der Waals surface area contributed by atoms with Gasteiger partial charge in [0.2, 0.25) is 5.91 Å². The molecule has 8 nitrogen and oxygen atoms in total. The summed E-state index contributed by atoms with van der Waals surface area (Å²) in [5, 5.41) is 8.16. The number of amides is 2. The topological polar surface area (TPSA) is 100 Å². The van der Waals surface area contributed by atoms with Crippen LogP contribution in [0.1, 0.15) is 47.2 Å². The first-order valence-corrected chi connectivity index (χ1v) is 11.1. The van der Waals surface area contributed by atoms with E-state index in [2.05, 4.69) is 30.5 Å². The normalized spacial score (nSPS) is 16.6. The third-order valence-corrected chi connectivity index (χ3v) is 5.86. The highest BCUT2D eigenvalue weighted by atomic mass is 32.1. The molecule has 0 bridgehead atoms. The predicted octanol–water partition coefficient (Wildman–Crippen LogP) is 3.66. The number of thiazole rings is 1. The van der Waals surface area contributed by atoms with Crippen molar-refractivity contribution >= 4 is 34.0 Å². The second kappa shape index (κ2) is 9.76. The molecule has 0 aliphatic carbocycles. The van der Waals surface area contributed by atoms with E-state index in [4.69, 9.17) is 0 Å². The van der Waals surface area contributed by atoms with Gasteiger partial charge in [-0.15, -0.1) is 11.3 Å². The molecule has 1 saturated heterocycles. The predicted molar refractivity (Wildman–Crippen MR) is 120 cm³/mol. The monoisotopic (exact) mass is 436 g/mol. The van der Waals surface area contributed by atoms with E-state index in [1.807, 2.05) is 42.6 Å². The number of hydrogen-bond acceptors (Lipinski definition) is 7. The number of nitrogens with zero attached hydrogens (tertiary/aromatic N) is 4. The molecule has 4 rings (SSSR count). The molecule has 3 aromatic rings. The largest absolute Gasteiger partial charge is 0.322 e. The zero-order chi connectivity index (χ0) is 21.6. The van der Waals surface area contributed by atoms with Gasteiger partial charge in [-0.25, -0.2) is 15.0 Å². The number of anilines is 2. The first kappa shape index (κ1) is 21.1. The summed E-state index contributed by atoms with van der Waals surface area (Å²) >= 11 is 1.38. The minimum Gasteiger partial charge on any atom is -0.322 e. The van der Waals surface area contributed by atoms with Gasteiger partial charge in [-0.1, -0.05) is 24.6 Å². The maximum absolute atomic E-state index is 13.0. The van der Waals surface area contributed by atoms with Crippen LogP contribution in [0.2, 0.25) is 0 Å². The molecular formula is C22H24N6O2S. The average Bonchev–Trinajstić information content (AvgIpc) is 3.27. The molecule has 1 atom stereocenters. The van der Waals surface area contributed by atoms with Crippen molar-refractivity contribution in [2.24, 2.45) is 0 Å². The summed E-state index contributed by atoms with van der Waals surface area (Å²) in [5.74, 6) is 0.228. The number of rotatable bonds is 6. The lowest BCUT2D eigenvalue weighted by atomic mass is 9.96. The Balaban J connectivity index is 1.56.